The van der Waals surface area contributed by atoms with E-state index in [0.717, 1.165) is 19.5 Å². The summed E-state index contributed by atoms with van der Waals surface area (Å²) in [4.78, 5) is 21.5. The Hall–Kier alpha value is -1.69. The van der Waals surface area contributed by atoms with E-state index in [1.54, 1.807) is 6.20 Å². The molecule has 1 aliphatic rings. The molecular weight excluding hydrogens is 218 g/mol. The summed E-state index contributed by atoms with van der Waals surface area (Å²) in [6, 6.07) is 0.208. The number of piperidine rings is 1. The Bertz CT molecular complexity index is 422. The van der Waals surface area contributed by atoms with Crippen molar-refractivity contribution in [1.82, 2.24) is 9.97 Å². The summed E-state index contributed by atoms with van der Waals surface area (Å²) >= 11 is 0. The molecule has 6 nitrogen and oxygen atoms in total. The number of amides is 1. The van der Waals surface area contributed by atoms with Crippen LogP contribution in [-0.4, -0.2) is 35.0 Å². The van der Waals surface area contributed by atoms with Crippen molar-refractivity contribution in [3.8, 4) is 0 Å². The van der Waals surface area contributed by atoms with Crippen LogP contribution in [0.25, 0.3) is 0 Å². The molecule has 1 fully saturated rings. The summed E-state index contributed by atoms with van der Waals surface area (Å²) in [5.74, 6) is 0.390. The van der Waals surface area contributed by atoms with E-state index < -0.39 is 5.91 Å². The lowest BCUT2D eigenvalue weighted by Crippen LogP contribution is -2.46. The van der Waals surface area contributed by atoms with Crippen LogP contribution < -0.4 is 16.4 Å². The van der Waals surface area contributed by atoms with Crippen LogP contribution in [-0.2, 0) is 0 Å². The van der Waals surface area contributed by atoms with Crippen molar-refractivity contribution in [1.29, 1.82) is 0 Å². The van der Waals surface area contributed by atoms with Crippen LogP contribution in [0, 0.1) is 5.92 Å². The van der Waals surface area contributed by atoms with Gasteiger partial charge in [0.1, 0.15) is 0 Å². The van der Waals surface area contributed by atoms with Crippen molar-refractivity contribution in [3.05, 3.63) is 18.1 Å². The molecule has 1 aromatic heterocycles. The number of aromatic nitrogens is 2. The molecule has 2 atom stereocenters. The van der Waals surface area contributed by atoms with Gasteiger partial charge in [-0.2, -0.15) is 0 Å². The van der Waals surface area contributed by atoms with Gasteiger partial charge in [0.2, 0.25) is 0 Å². The van der Waals surface area contributed by atoms with Gasteiger partial charge >= 0.3 is 0 Å². The highest BCUT2D eigenvalue weighted by atomic mass is 16.1. The molecule has 1 aliphatic heterocycles. The van der Waals surface area contributed by atoms with Crippen molar-refractivity contribution in [2.45, 2.75) is 19.4 Å². The first-order valence-electron chi connectivity index (χ1n) is 5.71. The zero-order valence-corrected chi connectivity index (χ0v) is 9.84. The minimum Gasteiger partial charge on any atom is -0.364 e. The Morgan fingerprint density at radius 2 is 2.18 bits per heavy atom. The fourth-order valence-corrected chi connectivity index (χ4v) is 2.09. The Morgan fingerprint density at radius 1 is 1.47 bits per heavy atom. The average Bonchev–Trinajstić information content (AvgIpc) is 2.32. The second-order valence-electron chi connectivity index (χ2n) is 4.47. The Morgan fingerprint density at radius 3 is 2.82 bits per heavy atom. The van der Waals surface area contributed by atoms with Crippen molar-refractivity contribution >= 4 is 11.7 Å². The maximum Gasteiger partial charge on any atom is 0.271 e. The number of rotatable bonds is 2. The van der Waals surface area contributed by atoms with Crippen molar-refractivity contribution in [2.75, 3.05) is 18.0 Å². The summed E-state index contributed by atoms with van der Waals surface area (Å²) in [7, 11) is 0. The number of nitrogens with zero attached hydrogens (tertiary/aromatic N) is 3. The van der Waals surface area contributed by atoms with E-state index in [0.29, 0.717) is 11.7 Å². The lowest BCUT2D eigenvalue weighted by atomic mass is 9.95. The van der Waals surface area contributed by atoms with Crippen LogP contribution in [0.5, 0.6) is 0 Å². The van der Waals surface area contributed by atoms with Crippen molar-refractivity contribution in [2.24, 2.45) is 17.4 Å². The van der Waals surface area contributed by atoms with Gasteiger partial charge < -0.3 is 16.4 Å². The van der Waals surface area contributed by atoms with Gasteiger partial charge in [0.25, 0.3) is 5.91 Å². The number of carbonyl (C=O) groups is 1. The highest BCUT2D eigenvalue weighted by molar-refractivity contribution is 5.95. The van der Waals surface area contributed by atoms with Crippen LogP contribution in [0.2, 0.25) is 0 Å². The number of anilines is 1. The molecule has 0 spiro atoms. The number of primary amides is 1. The molecule has 0 radical (unpaired) electrons. The lowest BCUT2D eigenvalue weighted by Gasteiger charge is -2.36. The smallest absolute Gasteiger partial charge is 0.271 e. The van der Waals surface area contributed by atoms with Crippen LogP contribution in [0.15, 0.2) is 12.4 Å². The molecular formula is C11H17N5O. The number of nitrogens with two attached hydrogens (primary N) is 2. The quantitative estimate of drug-likeness (QED) is 0.736. The van der Waals surface area contributed by atoms with Gasteiger partial charge in [0.05, 0.1) is 0 Å². The molecule has 2 unspecified atom stereocenters. The maximum atomic E-state index is 11.3. The average molecular weight is 235 g/mol. The number of carbonyl (C=O) groups excluding carboxylic acids is 1. The molecule has 6 heteroatoms. The van der Waals surface area contributed by atoms with Gasteiger partial charge in [-0.1, -0.05) is 6.92 Å². The zero-order valence-electron chi connectivity index (χ0n) is 9.84. The SMILES string of the molecule is CC1CN(c2nccnc2C(N)=O)CCC1N. The highest BCUT2D eigenvalue weighted by Crippen LogP contribution is 2.22. The highest BCUT2D eigenvalue weighted by Gasteiger charge is 2.26. The molecule has 2 heterocycles. The van der Waals surface area contributed by atoms with E-state index >= 15 is 0 Å². The minimum atomic E-state index is -0.546. The van der Waals surface area contributed by atoms with E-state index in [9.17, 15) is 4.79 Å². The standard InChI is InChI=1S/C11H17N5O/c1-7-6-16(5-2-8(7)12)11-9(10(13)17)14-3-4-15-11/h3-4,7-8H,2,5-6,12H2,1H3,(H2,13,17). The predicted octanol–water partition coefficient (Wildman–Crippen LogP) is -0.251. The molecule has 17 heavy (non-hydrogen) atoms. The molecule has 1 saturated heterocycles. The van der Waals surface area contributed by atoms with Crippen molar-refractivity contribution < 1.29 is 4.79 Å². The monoisotopic (exact) mass is 235 g/mol. The Kier molecular flexibility index (Phi) is 3.23. The van der Waals surface area contributed by atoms with Gasteiger partial charge in [-0.25, -0.2) is 9.97 Å². The van der Waals surface area contributed by atoms with Gasteiger partial charge in [0.15, 0.2) is 11.5 Å². The number of hydrogen-bond donors (Lipinski definition) is 2. The van der Waals surface area contributed by atoms with Crippen LogP contribution >= 0.6 is 0 Å². The van der Waals surface area contributed by atoms with Gasteiger partial charge in [-0.3, -0.25) is 4.79 Å². The molecule has 1 aromatic rings. The fourth-order valence-electron chi connectivity index (χ4n) is 2.09. The van der Waals surface area contributed by atoms with Gasteiger partial charge in [0, 0.05) is 31.5 Å². The van der Waals surface area contributed by atoms with Gasteiger partial charge in [-0.05, 0) is 12.3 Å². The second kappa shape index (κ2) is 4.67. The molecule has 2 rings (SSSR count). The van der Waals surface area contributed by atoms with E-state index in [4.69, 9.17) is 11.5 Å². The Balaban J connectivity index is 2.25. The maximum absolute atomic E-state index is 11.3. The first-order chi connectivity index (χ1) is 8.09. The number of hydrogen-bond acceptors (Lipinski definition) is 5. The third-order valence-corrected chi connectivity index (χ3v) is 3.18. The minimum absolute atomic E-state index is 0.208. The Labute approximate surface area is 100 Å². The summed E-state index contributed by atoms with van der Waals surface area (Å²) in [6.07, 6.45) is 3.93. The van der Waals surface area contributed by atoms with Crippen LogP contribution in [0.1, 0.15) is 23.8 Å². The van der Waals surface area contributed by atoms with E-state index in [1.165, 1.54) is 6.20 Å². The molecule has 0 aromatic carbocycles. The predicted molar refractivity (Wildman–Crippen MR) is 64.5 cm³/mol. The first-order valence-corrected chi connectivity index (χ1v) is 5.71. The van der Waals surface area contributed by atoms with Crippen LogP contribution in [0.4, 0.5) is 5.82 Å². The summed E-state index contributed by atoms with van der Waals surface area (Å²) in [5, 5.41) is 0. The summed E-state index contributed by atoms with van der Waals surface area (Å²) in [5.41, 5.74) is 11.5. The third-order valence-electron chi connectivity index (χ3n) is 3.18. The topological polar surface area (TPSA) is 98.1 Å². The first kappa shape index (κ1) is 11.8. The molecule has 0 aliphatic carbocycles. The summed E-state index contributed by atoms with van der Waals surface area (Å²) < 4.78 is 0. The van der Waals surface area contributed by atoms with Gasteiger partial charge in [-0.15, -0.1) is 0 Å². The lowest BCUT2D eigenvalue weighted by molar-refractivity contribution is 0.0995. The van der Waals surface area contributed by atoms with E-state index in [-0.39, 0.29) is 11.7 Å². The molecule has 4 N–H and O–H groups in total. The fraction of sp³-hybridized carbons (Fsp3) is 0.545. The van der Waals surface area contributed by atoms with E-state index in [1.807, 2.05) is 4.90 Å². The molecule has 92 valence electrons. The zero-order chi connectivity index (χ0) is 12.4. The van der Waals surface area contributed by atoms with Crippen LogP contribution in [0.3, 0.4) is 0 Å². The molecule has 0 saturated carbocycles. The summed E-state index contributed by atoms with van der Waals surface area (Å²) in [6.45, 7) is 3.65. The largest absolute Gasteiger partial charge is 0.364 e. The van der Waals surface area contributed by atoms with E-state index in [2.05, 4.69) is 16.9 Å². The van der Waals surface area contributed by atoms with Crippen molar-refractivity contribution in [3.63, 3.8) is 0 Å². The normalized spacial score (nSPS) is 24.7. The third kappa shape index (κ3) is 2.36. The second-order valence-corrected chi connectivity index (χ2v) is 4.47. The molecule has 0 bridgehead atoms. The molecule has 1 amide bonds.